The number of methoxy groups -OCH3 is 1. The zero-order valence-electron chi connectivity index (χ0n) is 9.99. The smallest absolute Gasteiger partial charge is 0.141 e. The number of ether oxygens (including phenoxy) is 1. The summed E-state index contributed by atoms with van der Waals surface area (Å²) < 4.78 is 6.84. The number of carbonyl (C=O) groups excluding carboxylic acids is 1. The first kappa shape index (κ1) is 12.6. The lowest BCUT2D eigenvalue weighted by Gasteiger charge is -2.21. The summed E-state index contributed by atoms with van der Waals surface area (Å²) in [6.07, 6.45) is 5.25. The van der Waals surface area contributed by atoms with Crippen LogP contribution in [0.5, 0.6) is 0 Å². The number of hydrogen-bond donors (Lipinski definition) is 0. The molecular weight excluding hydrogens is 240 g/mol. The standard InChI is InChI=1S/C12H17ClN2O2/c1-17-7-6-15-12(10(13)8-14-15)9-4-2-3-5-11(9)16/h8-9H,2-7H2,1H3. The van der Waals surface area contributed by atoms with Crippen LogP contribution in [0.4, 0.5) is 0 Å². The van der Waals surface area contributed by atoms with E-state index in [9.17, 15) is 4.79 Å². The lowest BCUT2D eigenvalue weighted by atomic mass is 9.85. The van der Waals surface area contributed by atoms with Crippen LogP contribution < -0.4 is 0 Å². The van der Waals surface area contributed by atoms with E-state index in [0.29, 0.717) is 24.6 Å². The first-order valence-corrected chi connectivity index (χ1v) is 6.34. The Balaban J connectivity index is 2.22. The average molecular weight is 257 g/mol. The maximum atomic E-state index is 11.9. The van der Waals surface area contributed by atoms with Crippen LogP contribution in [0.1, 0.15) is 37.3 Å². The largest absolute Gasteiger partial charge is 0.383 e. The predicted molar refractivity (Wildman–Crippen MR) is 65.3 cm³/mol. The predicted octanol–water partition coefficient (Wildman–Crippen LogP) is 2.41. The van der Waals surface area contributed by atoms with E-state index in [-0.39, 0.29) is 11.7 Å². The highest BCUT2D eigenvalue weighted by molar-refractivity contribution is 6.31. The first-order chi connectivity index (χ1) is 8.24. The molecule has 17 heavy (non-hydrogen) atoms. The van der Waals surface area contributed by atoms with Crippen molar-refractivity contribution in [1.29, 1.82) is 0 Å². The molecule has 0 aliphatic heterocycles. The summed E-state index contributed by atoms with van der Waals surface area (Å²) in [7, 11) is 1.65. The van der Waals surface area contributed by atoms with Gasteiger partial charge < -0.3 is 4.74 Å². The summed E-state index contributed by atoms with van der Waals surface area (Å²) >= 11 is 6.15. The first-order valence-electron chi connectivity index (χ1n) is 5.97. The molecule has 1 aromatic rings. The fraction of sp³-hybridized carbons (Fsp3) is 0.667. The molecule has 0 saturated heterocycles. The number of hydrogen-bond acceptors (Lipinski definition) is 3. The molecule has 1 fully saturated rings. The highest BCUT2D eigenvalue weighted by Crippen LogP contribution is 2.33. The summed E-state index contributed by atoms with van der Waals surface area (Å²) in [6.45, 7) is 1.22. The van der Waals surface area contributed by atoms with Crippen molar-refractivity contribution in [1.82, 2.24) is 9.78 Å². The third-order valence-electron chi connectivity index (χ3n) is 3.23. The normalized spacial score (nSPS) is 20.8. The van der Waals surface area contributed by atoms with Gasteiger partial charge in [-0.2, -0.15) is 5.10 Å². The zero-order valence-corrected chi connectivity index (χ0v) is 10.7. The Morgan fingerprint density at radius 2 is 2.41 bits per heavy atom. The van der Waals surface area contributed by atoms with E-state index in [1.165, 1.54) is 0 Å². The van der Waals surface area contributed by atoms with Crippen LogP contribution in [0.3, 0.4) is 0 Å². The van der Waals surface area contributed by atoms with Gasteiger partial charge >= 0.3 is 0 Å². The van der Waals surface area contributed by atoms with Crippen molar-refractivity contribution in [2.24, 2.45) is 0 Å². The van der Waals surface area contributed by atoms with E-state index in [1.54, 1.807) is 18.0 Å². The Kier molecular flexibility index (Phi) is 4.18. The Morgan fingerprint density at radius 1 is 1.59 bits per heavy atom. The maximum Gasteiger partial charge on any atom is 0.141 e. The molecule has 1 aliphatic carbocycles. The van der Waals surface area contributed by atoms with Crippen LogP contribution >= 0.6 is 11.6 Å². The van der Waals surface area contributed by atoms with Crippen molar-refractivity contribution < 1.29 is 9.53 Å². The number of ketones is 1. The molecule has 0 radical (unpaired) electrons. The Bertz CT molecular complexity index is 403. The molecule has 1 aromatic heterocycles. The number of nitrogens with zero attached hydrogens (tertiary/aromatic N) is 2. The summed E-state index contributed by atoms with van der Waals surface area (Å²) in [5.41, 5.74) is 0.869. The van der Waals surface area contributed by atoms with Gasteiger partial charge in [-0.3, -0.25) is 9.48 Å². The minimum Gasteiger partial charge on any atom is -0.383 e. The van der Waals surface area contributed by atoms with Crippen LogP contribution in [-0.4, -0.2) is 29.3 Å². The van der Waals surface area contributed by atoms with E-state index >= 15 is 0 Å². The molecule has 1 saturated carbocycles. The molecule has 5 heteroatoms. The van der Waals surface area contributed by atoms with Gasteiger partial charge in [-0.05, 0) is 12.8 Å². The highest BCUT2D eigenvalue weighted by atomic mass is 35.5. The summed E-state index contributed by atoms with van der Waals surface area (Å²) in [6, 6.07) is 0. The van der Waals surface area contributed by atoms with Gasteiger partial charge in [-0.15, -0.1) is 0 Å². The Morgan fingerprint density at radius 3 is 3.12 bits per heavy atom. The van der Waals surface area contributed by atoms with Gasteiger partial charge in [0.1, 0.15) is 5.78 Å². The van der Waals surface area contributed by atoms with Gasteiger partial charge in [-0.1, -0.05) is 18.0 Å². The molecule has 0 N–H and O–H groups in total. The van der Waals surface area contributed by atoms with Crippen molar-refractivity contribution in [3.05, 3.63) is 16.9 Å². The molecule has 1 unspecified atom stereocenters. The molecular formula is C12H17ClN2O2. The van der Waals surface area contributed by atoms with E-state index in [2.05, 4.69) is 5.10 Å². The minimum atomic E-state index is -0.0735. The van der Waals surface area contributed by atoms with E-state index in [1.807, 2.05) is 0 Å². The lowest BCUT2D eigenvalue weighted by molar-refractivity contribution is -0.122. The van der Waals surface area contributed by atoms with E-state index < -0.39 is 0 Å². The molecule has 0 spiro atoms. The van der Waals surface area contributed by atoms with Crippen molar-refractivity contribution in [3.63, 3.8) is 0 Å². The monoisotopic (exact) mass is 256 g/mol. The molecule has 1 heterocycles. The molecule has 0 aromatic carbocycles. The lowest BCUT2D eigenvalue weighted by Crippen LogP contribution is -2.22. The fourth-order valence-corrected chi connectivity index (χ4v) is 2.62. The Hall–Kier alpha value is -0.870. The van der Waals surface area contributed by atoms with Crippen LogP contribution in [0.25, 0.3) is 0 Å². The molecule has 1 atom stereocenters. The number of Topliss-reactive ketones (excluding diaryl/α,β-unsaturated/α-hetero) is 1. The van der Waals surface area contributed by atoms with Crippen molar-refractivity contribution >= 4 is 17.4 Å². The molecule has 0 bridgehead atoms. The van der Waals surface area contributed by atoms with Gasteiger partial charge in [0, 0.05) is 13.5 Å². The second kappa shape index (κ2) is 5.65. The maximum absolute atomic E-state index is 11.9. The van der Waals surface area contributed by atoms with Crippen molar-refractivity contribution in [2.75, 3.05) is 13.7 Å². The van der Waals surface area contributed by atoms with Gasteiger partial charge in [0.2, 0.25) is 0 Å². The van der Waals surface area contributed by atoms with Crippen molar-refractivity contribution in [3.8, 4) is 0 Å². The molecule has 4 nitrogen and oxygen atoms in total. The van der Waals surface area contributed by atoms with Crippen LogP contribution in [0.2, 0.25) is 5.02 Å². The number of rotatable bonds is 4. The molecule has 94 valence electrons. The third kappa shape index (κ3) is 2.69. The van der Waals surface area contributed by atoms with Crippen LogP contribution in [0, 0.1) is 0 Å². The average Bonchev–Trinajstić information content (AvgIpc) is 2.69. The van der Waals surface area contributed by atoms with Gasteiger partial charge in [-0.25, -0.2) is 0 Å². The second-order valence-electron chi connectivity index (χ2n) is 4.36. The van der Waals surface area contributed by atoms with Gasteiger partial charge in [0.15, 0.2) is 0 Å². The van der Waals surface area contributed by atoms with Crippen molar-refractivity contribution in [2.45, 2.75) is 38.1 Å². The van der Waals surface area contributed by atoms with Gasteiger partial charge in [0.25, 0.3) is 0 Å². The number of carbonyl (C=O) groups is 1. The summed E-state index contributed by atoms with van der Waals surface area (Å²) in [5.74, 6) is 0.216. The molecule has 2 rings (SSSR count). The summed E-state index contributed by atoms with van der Waals surface area (Å²) in [5, 5.41) is 4.81. The van der Waals surface area contributed by atoms with E-state index in [0.717, 1.165) is 25.0 Å². The van der Waals surface area contributed by atoms with Gasteiger partial charge in [0.05, 0.1) is 36.0 Å². The topological polar surface area (TPSA) is 44.1 Å². The third-order valence-corrected chi connectivity index (χ3v) is 3.52. The number of halogens is 1. The van der Waals surface area contributed by atoms with Crippen LogP contribution in [-0.2, 0) is 16.1 Å². The zero-order chi connectivity index (χ0) is 12.3. The molecule has 1 aliphatic rings. The summed E-state index contributed by atoms with van der Waals surface area (Å²) in [4.78, 5) is 11.9. The van der Waals surface area contributed by atoms with E-state index in [4.69, 9.17) is 16.3 Å². The fourth-order valence-electron chi connectivity index (χ4n) is 2.35. The SMILES string of the molecule is COCCn1ncc(Cl)c1C1CCCCC1=O. The minimum absolute atomic E-state index is 0.0735. The second-order valence-corrected chi connectivity index (χ2v) is 4.77. The highest BCUT2D eigenvalue weighted by Gasteiger charge is 2.28. The molecule has 0 amide bonds. The van der Waals surface area contributed by atoms with Crippen LogP contribution in [0.15, 0.2) is 6.20 Å². The number of aromatic nitrogens is 2. The Labute approximate surface area is 106 Å². The quantitative estimate of drug-likeness (QED) is 0.831.